The zero-order valence-electron chi connectivity index (χ0n) is 12.3. The Morgan fingerprint density at radius 3 is 2.86 bits per heavy atom. The molecule has 0 bridgehead atoms. The van der Waals surface area contributed by atoms with Crippen molar-refractivity contribution in [2.45, 2.75) is 19.0 Å². The molecule has 0 unspecified atom stereocenters. The van der Waals surface area contributed by atoms with E-state index in [1.807, 2.05) is 41.2 Å². The number of benzene rings is 1. The van der Waals surface area contributed by atoms with Crippen molar-refractivity contribution in [3.8, 4) is 0 Å². The lowest BCUT2D eigenvalue weighted by molar-refractivity contribution is -0.121. The number of hydrogen-bond acceptors (Lipinski definition) is 3. The van der Waals surface area contributed by atoms with E-state index in [1.165, 1.54) is 0 Å². The molecule has 116 valence electrons. The van der Waals surface area contributed by atoms with E-state index in [0.29, 0.717) is 24.0 Å². The summed E-state index contributed by atoms with van der Waals surface area (Å²) in [6, 6.07) is 9.94. The number of nitrogens with one attached hydrogen (secondary N) is 1. The van der Waals surface area contributed by atoms with Crippen LogP contribution < -0.4 is 5.32 Å². The Morgan fingerprint density at radius 2 is 2.14 bits per heavy atom. The maximum atomic E-state index is 11.9. The first-order valence-corrected chi connectivity index (χ1v) is 7.82. The molecule has 0 atom stereocenters. The van der Waals surface area contributed by atoms with Gasteiger partial charge in [0, 0.05) is 50.0 Å². The van der Waals surface area contributed by atoms with Crippen LogP contribution in [0.3, 0.4) is 0 Å². The Kier molecular flexibility index (Phi) is 4.75. The van der Waals surface area contributed by atoms with Gasteiger partial charge in [0.25, 0.3) is 0 Å². The van der Waals surface area contributed by atoms with E-state index >= 15 is 0 Å². The fourth-order valence-corrected chi connectivity index (χ4v) is 2.78. The van der Waals surface area contributed by atoms with Crippen LogP contribution in [0.15, 0.2) is 42.7 Å². The maximum Gasteiger partial charge on any atom is 0.221 e. The summed E-state index contributed by atoms with van der Waals surface area (Å²) in [6.45, 7) is 3.18. The molecular formula is C16H19ClN4O. The highest BCUT2D eigenvalue weighted by atomic mass is 35.5. The van der Waals surface area contributed by atoms with Gasteiger partial charge < -0.3 is 5.32 Å². The predicted molar refractivity (Wildman–Crippen MR) is 85.6 cm³/mol. The predicted octanol–water partition coefficient (Wildman–Crippen LogP) is 2.10. The Balaban J connectivity index is 1.35. The van der Waals surface area contributed by atoms with Crippen LogP contribution >= 0.6 is 11.6 Å². The fraction of sp³-hybridized carbons (Fsp3) is 0.375. The summed E-state index contributed by atoms with van der Waals surface area (Å²) < 4.78 is 1.98. The van der Waals surface area contributed by atoms with Gasteiger partial charge in [-0.15, -0.1) is 0 Å². The third-order valence-corrected chi connectivity index (χ3v) is 4.29. The van der Waals surface area contributed by atoms with Crippen LogP contribution in [-0.4, -0.2) is 40.2 Å². The summed E-state index contributed by atoms with van der Waals surface area (Å²) in [5.41, 5.74) is 0.945. The number of hydrogen-bond donors (Lipinski definition) is 1. The fourth-order valence-electron chi connectivity index (χ4n) is 2.57. The molecule has 1 fully saturated rings. The Morgan fingerprint density at radius 1 is 1.32 bits per heavy atom. The molecule has 0 spiro atoms. The van der Waals surface area contributed by atoms with Crippen molar-refractivity contribution in [1.82, 2.24) is 20.0 Å². The number of halogens is 1. The van der Waals surface area contributed by atoms with E-state index in [9.17, 15) is 4.79 Å². The summed E-state index contributed by atoms with van der Waals surface area (Å²) in [4.78, 5) is 14.1. The molecule has 1 saturated heterocycles. The molecule has 0 aliphatic carbocycles. The van der Waals surface area contributed by atoms with Gasteiger partial charge in [-0.25, -0.2) is 0 Å². The molecule has 3 rings (SSSR count). The summed E-state index contributed by atoms with van der Waals surface area (Å²) in [6.07, 6.45) is 4.29. The molecular weight excluding hydrogens is 300 g/mol. The molecule has 1 N–H and O–H groups in total. The van der Waals surface area contributed by atoms with Crippen LogP contribution in [0, 0.1) is 0 Å². The minimum atomic E-state index is 0.0578. The van der Waals surface area contributed by atoms with Gasteiger partial charge in [0.2, 0.25) is 5.91 Å². The SMILES string of the molecule is O=C(CCN1CC(n2cccn2)C1)NCc1ccccc1Cl. The van der Waals surface area contributed by atoms with Crippen molar-refractivity contribution in [3.05, 3.63) is 53.3 Å². The quantitative estimate of drug-likeness (QED) is 0.887. The molecule has 6 heteroatoms. The molecule has 2 aromatic rings. The number of aromatic nitrogens is 2. The summed E-state index contributed by atoms with van der Waals surface area (Å²) in [5, 5.41) is 7.84. The molecule has 2 heterocycles. The van der Waals surface area contributed by atoms with E-state index < -0.39 is 0 Å². The number of likely N-dealkylation sites (tertiary alicyclic amines) is 1. The van der Waals surface area contributed by atoms with Crippen molar-refractivity contribution in [2.24, 2.45) is 0 Å². The average molecular weight is 319 g/mol. The molecule has 22 heavy (non-hydrogen) atoms. The largest absolute Gasteiger partial charge is 0.352 e. The zero-order valence-corrected chi connectivity index (χ0v) is 13.0. The lowest BCUT2D eigenvalue weighted by atomic mass is 10.1. The van der Waals surface area contributed by atoms with E-state index in [1.54, 1.807) is 6.20 Å². The van der Waals surface area contributed by atoms with Crippen molar-refractivity contribution >= 4 is 17.5 Å². The van der Waals surface area contributed by atoms with Crippen LogP contribution in [-0.2, 0) is 11.3 Å². The Hall–Kier alpha value is -1.85. The third-order valence-electron chi connectivity index (χ3n) is 3.93. The molecule has 1 aromatic heterocycles. The average Bonchev–Trinajstić information content (AvgIpc) is 2.98. The number of nitrogens with zero attached hydrogens (tertiary/aromatic N) is 3. The first-order valence-electron chi connectivity index (χ1n) is 7.44. The topological polar surface area (TPSA) is 50.2 Å². The van der Waals surface area contributed by atoms with E-state index in [4.69, 9.17) is 11.6 Å². The normalized spacial score (nSPS) is 15.5. The highest BCUT2D eigenvalue weighted by Gasteiger charge is 2.28. The van der Waals surface area contributed by atoms with Crippen LogP contribution in [0.25, 0.3) is 0 Å². The van der Waals surface area contributed by atoms with Crippen molar-refractivity contribution in [2.75, 3.05) is 19.6 Å². The molecule has 1 aliphatic rings. The smallest absolute Gasteiger partial charge is 0.221 e. The summed E-state index contributed by atoms with van der Waals surface area (Å²) in [7, 11) is 0. The van der Waals surface area contributed by atoms with E-state index in [2.05, 4.69) is 15.3 Å². The molecule has 1 amide bonds. The number of carbonyl (C=O) groups excluding carboxylic acids is 1. The second-order valence-corrected chi connectivity index (χ2v) is 5.92. The lowest BCUT2D eigenvalue weighted by Gasteiger charge is -2.39. The van der Waals surface area contributed by atoms with Gasteiger partial charge in [-0.1, -0.05) is 29.8 Å². The van der Waals surface area contributed by atoms with Crippen LogP contribution in [0.1, 0.15) is 18.0 Å². The number of amides is 1. The second kappa shape index (κ2) is 6.94. The molecule has 5 nitrogen and oxygen atoms in total. The first-order chi connectivity index (χ1) is 10.7. The van der Waals surface area contributed by atoms with Gasteiger partial charge >= 0.3 is 0 Å². The molecule has 1 aromatic carbocycles. The summed E-state index contributed by atoms with van der Waals surface area (Å²) in [5.74, 6) is 0.0578. The van der Waals surface area contributed by atoms with Crippen LogP contribution in [0.5, 0.6) is 0 Å². The van der Waals surface area contributed by atoms with Gasteiger partial charge in [-0.05, 0) is 17.7 Å². The monoisotopic (exact) mass is 318 g/mol. The van der Waals surface area contributed by atoms with Gasteiger partial charge in [-0.3, -0.25) is 14.4 Å². The van der Waals surface area contributed by atoms with Crippen molar-refractivity contribution in [1.29, 1.82) is 0 Å². The minimum absolute atomic E-state index is 0.0578. The molecule has 0 radical (unpaired) electrons. The highest BCUT2D eigenvalue weighted by Crippen LogP contribution is 2.20. The van der Waals surface area contributed by atoms with Gasteiger partial charge in [-0.2, -0.15) is 5.10 Å². The molecule has 0 saturated carbocycles. The van der Waals surface area contributed by atoms with Crippen molar-refractivity contribution < 1.29 is 4.79 Å². The summed E-state index contributed by atoms with van der Waals surface area (Å²) >= 11 is 6.06. The number of carbonyl (C=O) groups is 1. The zero-order chi connectivity index (χ0) is 15.4. The number of rotatable bonds is 6. The van der Waals surface area contributed by atoms with Crippen molar-refractivity contribution in [3.63, 3.8) is 0 Å². The van der Waals surface area contributed by atoms with Crippen LogP contribution in [0.2, 0.25) is 5.02 Å². The van der Waals surface area contributed by atoms with E-state index in [-0.39, 0.29) is 5.91 Å². The first kappa shape index (κ1) is 15.1. The minimum Gasteiger partial charge on any atom is -0.352 e. The Bertz CT molecular complexity index is 623. The highest BCUT2D eigenvalue weighted by molar-refractivity contribution is 6.31. The van der Waals surface area contributed by atoms with Gasteiger partial charge in [0.15, 0.2) is 0 Å². The van der Waals surface area contributed by atoms with Gasteiger partial charge in [0.05, 0.1) is 6.04 Å². The second-order valence-electron chi connectivity index (χ2n) is 5.52. The third kappa shape index (κ3) is 3.67. The lowest BCUT2D eigenvalue weighted by Crippen LogP contribution is -2.48. The molecule has 1 aliphatic heterocycles. The van der Waals surface area contributed by atoms with Crippen LogP contribution in [0.4, 0.5) is 0 Å². The Labute approximate surface area is 134 Å². The van der Waals surface area contributed by atoms with Gasteiger partial charge in [0.1, 0.15) is 0 Å². The van der Waals surface area contributed by atoms with E-state index in [0.717, 1.165) is 25.2 Å². The standard InChI is InChI=1S/C16H19ClN4O/c17-15-5-2-1-4-13(15)10-18-16(22)6-9-20-11-14(12-20)21-8-3-7-19-21/h1-5,7-8,14H,6,9-12H2,(H,18,22). The maximum absolute atomic E-state index is 11.9.